The van der Waals surface area contributed by atoms with Gasteiger partial charge in [0.1, 0.15) is 0 Å². The molecule has 2 heteroatoms. The number of rotatable bonds is 0. The molecule has 0 aliphatic heterocycles. The van der Waals surface area contributed by atoms with Gasteiger partial charge in [0.15, 0.2) is 5.78 Å². The van der Waals surface area contributed by atoms with Crippen molar-refractivity contribution in [2.75, 3.05) is 0 Å². The summed E-state index contributed by atoms with van der Waals surface area (Å²) in [5.74, 6) is 0.282. The van der Waals surface area contributed by atoms with Crippen molar-refractivity contribution in [1.29, 1.82) is 0 Å². The van der Waals surface area contributed by atoms with Gasteiger partial charge in [-0.15, -0.1) is 0 Å². The average Bonchev–Trinajstić information content (AvgIpc) is 2.45. The molecule has 0 unspecified atom stereocenters. The quantitative estimate of drug-likeness (QED) is 0.624. The second-order valence-electron chi connectivity index (χ2n) is 4.11. The van der Waals surface area contributed by atoms with Crippen molar-refractivity contribution in [2.45, 2.75) is 26.7 Å². The molecule has 12 heavy (non-hydrogen) atoms. The van der Waals surface area contributed by atoms with Crippen LogP contribution in [0.4, 0.5) is 0 Å². The van der Waals surface area contributed by atoms with Gasteiger partial charge in [0.2, 0.25) is 0 Å². The van der Waals surface area contributed by atoms with Crippen LogP contribution in [-0.4, -0.2) is 10.8 Å². The first kappa shape index (κ1) is 7.59. The highest BCUT2D eigenvalue weighted by molar-refractivity contribution is 6.02. The third kappa shape index (κ3) is 0.909. The maximum atomic E-state index is 11.8. The summed E-state index contributed by atoms with van der Waals surface area (Å²) in [4.78, 5) is 14.8. The number of hydrogen-bond donors (Lipinski definition) is 1. The highest BCUT2D eigenvalue weighted by Crippen LogP contribution is 2.34. The van der Waals surface area contributed by atoms with Crippen LogP contribution in [0.5, 0.6) is 0 Å². The van der Waals surface area contributed by atoms with Gasteiger partial charge >= 0.3 is 0 Å². The summed E-state index contributed by atoms with van der Waals surface area (Å²) in [6.07, 6.45) is 5.75. The van der Waals surface area contributed by atoms with Crippen LogP contribution in [0.15, 0.2) is 12.4 Å². The summed E-state index contributed by atoms with van der Waals surface area (Å²) in [6.45, 7) is 4.04. The van der Waals surface area contributed by atoms with E-state index in [1.54, 1.807) is 0 Å². The van der Waals surface area contributed by atoms with Crippen LogP contribution in [0.1, 0.15) is 36.2 Å². The van der Waals surface area contributed by atoms with Crippen LogP contribution in [0, 0.1) is 5.41 Å². The van der Waals surface area contributed by atoms with Crippen LogP contribution < -0.4 is 0 Å². The minimum absolute atomic E-state index is 0.158. The SMILES string of the molecule is CC1(C)CCc2c[nH]cc2C1=O. The van der Waals surface area contributed by atoms with Crippen molar-refractivity contribution >= 4 is 5.78 Å². The van der Waals surface area contributed by atoms with Gasteiger partial charge in [-0.3, -0.25) is 4.79 Å². The third-order valence-electron chi connectivity index (χ3n) is 2.71. The molecule has 2 rings (SSSR count). The Morgan fingerprint density at radius 1 is 1.42 bits per heavy atom. The van der Waals surface area contributed by atoms with Crippen molar-refractivity contribution in [3.63, 3.8) is 0 Å². The van der Waals surface area contributed by atoms with E-state index in [9.17, 15) is 4.79 Å². The smallest absolute Gasteiger partial charge is 0.170 e. The number of nitrogens with one attached hydrogen (secondary N) is 1. The van der Waals surface area contributed by atoms with E-state index in [0.717, 1.165) is 18.4 Å². The fraction of sp³-hybridized carbons (Fsp3) is 0.500. The Balaban J connectivity index is 2.49. The molecule has 0 atom stereocenters. The Bertz CT molecular complexity index is 322. The molecule has 0 bridgehead atoms. The first-order chi connectivity index (χ1) is 5.61. The molecular formula is C10H13NO. The monoisotopic (exact) mass is 163 g/mol. The zero-order valence-corrected chi connectivity index (χ0v) is 7.48. The van der Waals surface area contributed by atoms with Crippen LogP contribution >= 0.6 is 0 Å². The first-order valence-corrected chi connectivity index (χ1v) is 4.32. The summed E-state index contributed by atoms with van der Waals surface area (Å²) in [5.41, 5.74) is 1.92. The fourth-order valence-corrected chi connectivity index (χ4v) is 1.74. The molecule has 1 aromatic rings. The molecule has 64 valence electrons. The molecule has 0 radical (unpaired) electrons. The Labute approximate surface area is 72.0 Å². The van der Waals surface area contributed by atoms with E-state index in [4.69, 9.17) is 0 Å². The van der Waals surface area contributed by atoms with E-state index in [1.807, 2.05) is 26.2 Å². The lowest BCUT2D eigenvalue weighted by Crippen LogP contribution is -2.29. The summed E-state index contributed by atoms with van der Waals surface area (Å²) in [5, 5.41) is 0. The van der Waals surface area contributed by atoms with Gasteiger partial charge in [-0.2, -0.15) is 0 Å². The van der Waals surface area contributed by atoms with E-state index in [2.05, 4.69) is 4.98 Å². The largest absolute Gasteiger partial charge is 0.367 e. The zero-order chi connectivity index (χ0) is 8.77. The number of hydrogen-bond acceptors (Lipinski definition) is 1. The van der Waals surface area contributed by atoms with E-state index in [0.29, 0.717) is 0 Å². The molecule has 0 saturated carbocycles. The normalized spacial score (nSPS) is 20.7. The van der Waals surface area contributed by atoms with Crippen molar-refractivity contribution in [1.82, 2.24) is 4.98 Å². The Kier molecular flexibility index (Phi) is 1.40. The second kappa shape index (κ2) is 2.22. The Morgan fingerprint density at radius 2 is 2.17 bits per heavy atom. The third-order valence-corrected chi connectivity index (χ3v) is 2.71. The van der Waals surface area contributed by atoms with E-state index in [-0.39, 0.29) is 11.2 Å². The Hall–Kier alpha value is -1.05. The number of fused-ring (bicyclic) bond motifs is 1. The molecule has 2 nitrogen and oxygen atoms in total. The lowest BCUT2D eigenvalue weighted by atomic mass is 9.75. The minimum Gasteiger partial charge on any atom is -0.367 e. The number of H-pyrrole nitrogens is 1. The van der Waals surface area contributed by atoms with Crippen LogP contribution in [0.25, 0.3) is 0 Å². The molecule has 1 heterocycles. The zero-order valence-electron chi connectivity index (χ0n) is 7.48. The van der Waals surface area contributed by atoms with E-state index >= 15 is 0 Å². The molecule has 0 saturated heterocycles. The summed E-state index contributed by atoms with van der Waals surface area (Å²) in [7, 11) is 0. The summed E-state index contributed by atoms with van der Waals surface area (Å²) in [6, 6.07) is 0. The van der Waals surface area contributed by atoms with Gasteiger partial charge in [0.05, 0.1) is 0 Å². The Morgan fingerprint density at radius 3 is 2.92 bits per heavy atom. The first-order valence-electron chi connectivity index (χ1n) is 4.32. The fourth-order valence-electron chi connectivity index (χ4n) is 1.74. The topological polar surface area (TPSA) is 32.9 Å². The number of carbonyl (C=O) groups excluding carboxylic acids is 1. The van der Waals surface area contributed by atoms with Gasteiger partial charge in [0.25, 0.3) is 0 Å². The van der Waals surface area contributed by atoms with Gasteiger partial charge < -0.3 is 4.98 Å². The summed E-state index contributed by atoms with van der Waals surface area (Å²) < 4.78 is 0. The highest BCUT2D eigenvalue weighted by atomic mass is 16.1. The predicted octanol–water partition coefficient (Wildman–Crippen LogP) is 2.17. The predicted molar refractivity (Wildman–Crippen MR) is 47.2 cm³/mol. The molecule has 0 fully saturated rings. The van der Waals surface area contributed by atoms with Gasteiger partial charge in [-0.05, 0) is 18.4 Å². The highest BCUT2D eigenvalue weighted by Gasteiger charge is 2.34. The molecule has 1 N–H and O–H groups in total. The number of carbonyl (C=O) groups is 1. The lowest BCUT2D eigenvalue weighted by Gasteiger charge is -2.27. The average molecular weight is 163 g/mol. The van der Waals surface area contributed by atoms with Crippen LogP contribution in [0.3, 0.4) is 0 Å². The number of ketones is 1. The maximum Gasteiger partial charge on any atom is 0.170 e. The number of aryl methyl sites for hydroxylation is 1. The number of Topliss-reactive ketones (excluding diaryl/α,β-unsaturated/α-hetero) is 1. The molecule has 0 aromatic carbocycles. The second-order valence-corrected chi connectivity index (χ2v) is 4.11. The maximum absolute atomic E-state index is 11.8. The van der Waals surface area contributed by atoms with E-state index in [1.165, 1.54) is 5.56 Å². The van der Waals surface area contributed by atoms with E-state index < -0.39 is 0 Å². The minimum atomic E-state index is -0.158. The van der Waals surface area contributed by atoms with Crippen LogP contribution in [0.2, 0.25) is 0 Å². The van der Waals surface area contributed by atoms with Crippen molar-refractivity contribution in [2.24, 2.45) is 5.41 Å². The summed E-state index contributed by atoms with van der Waals surface area (Å²) >= 11 is 0. The lowest BCUT2D eigenvalue weighted by molar-refractivity contribution is 0.0812. The van der Waals surface area contributed by atoms with Crippen molar-refractivity contribution in [3.8, 4) is 0 Å². The van der Waals surface area contributed by atoms with Gasteiger partial charge in [0, 0.05) is 23.4 Å². The van der Waals surface area contributed by atoms with Crippen molar-refractivity contribution < 1.29 is 4.79 Å². The molecular weight excluding hydrogens is 150 g/mol. The van der Waals surface area contributed by atoms with Gasteiger partial charge in [-0.1, -0.05) is 13.8 Å². The number of aromatic nitrogens is 1. The van der Waals surface area contributed by atoms with Crippen molar-refractivity contribution in [3.05, 3.63) is 23.5 Å². The molecule has 1 aliphatic carbocycles. The van der Waals surface area contributed by atoms with Gasteiger partial charge in [-0.25, -0.2) is 0 Å². The molecule has 1 aliphatic rings. The standard InChI is InChI=1S/C10H13NO/c1-10(2)4-3-7-5-11-6-8(7)9(10)12/h5-6,11H,3-4H2,1-2H3. The number of aromatic amines is 1. The molecule has 0 amide bonds. The molecule has 0 spiro atoms. The van der Waals surface area contributed by atoms with Crippen LogP contribution in [-0.2, 0) is 6.42 Å². The molecule has 1 aromatic heterocycles.